The molecule has 0 bridgehead atoms. The van der Waals surface area contributed by atoms with Crippen LogP contribution in [0.15, 0.2) is 45.3 Å². The molecule has 1 unspecified atom stereocenters. The molecule has 0 aliphatic heterocycles. The number of hydrogen-bond acceptors (Lipinski definition) is 2. The van der Waals surface area contributed by atoms with Crippen LogP contribution in [-0.4, -0.2) is 6.04 Å². The normalized spacial score (nSPS) is 12.2. The number of ether oxygens (including phenoxy) is 1. The van der Waals surface area contributed by atoms with Crippen molar-refractivity contribution in [2.45, 2.75) is 26.3 Å². The van der Waals surface area contributed by atoms with Crippen molar-refractivity contribution in [3.63, 3.8) is 0 Å². The molecule has 0 amide bonds. The molecule has 20 heavy (non-hydrogen) atoms. The minimum absolute atomic E-state index is 0.143. The fourth-order valence-corrected chi connectivity index (χ4v) is 3.06. The molecule has 0 fully saturated rings. The summed E-state index contributed by atoms with van der Waals surface area (Å²) in [6, 6.07) is 12.2. The van der Waals surface area contributed by atoms with Gasteiger partial charge in [-0.2, -0.15) is 0 Å². The summed E-state index contributed by atoms with van der Waals surface area (Å²) < 4.78 is 7.94. The van der Waals surface area contributed by atoms with Gasteiger partial charge in [0.05, 0.1) is 4.47 Å². The Labute approximate surface area is 136 Å². The topological polar surface area (TPSA) is 35.2 Å². The average Bonchev–Trinajstić information content (AvgIpc) is 2.36. The highest BCUT2D eigenvalue weighted by molar-refractivity contribution is 9.11. The first-order valence-electron chi connectivity index (χ1n) is 6.43. The highest BCUT2D eigenvalue weighted by Gasteiger charge is 2.08. The molecule has 106 valence electrons. The van der Waals surface area contributed by atoms with Crippen LogP contribution >= 0.6 is 31.9 Å². The summed E-state index contributed by atoms with van der Waals surface area (Å²) in [5, 5.41) is 0. The lowest BCUT2D eigenvalue weighted by Gasteiger charge is -2.13. The predicted octanol–water partition coefficient (Wildman–Crippen LogP) is 5.20. The zero-order chi connectivity index (χ0) is 14.7. The Hall–Kier alpha value is -0.840. The second-order valence-electron chi connectivity index (χ2n) is 4.96. The van der Waals surface area contributed by atoms with Crippen molar-refractivity contribution in [2.24, 2.45) is 5.73 Å². The van der Waals surface area contributed by atoms with Crippen LogP contribution in [0.1, 0.15) is 18.1 Å². The second-order valence-corrected chi connectivity index (χ2v) is 6.73. The first kappa shape index (κ1) is 15.5. The van der Waals surface area contributed by atoms with E-state index in [1.807, 2.05) is 32.0 Å². The Balaban J connectivity index is 2.27. The fourth-order valence-electron chi connectivity index (χ4n) is 1.93. The lowest BCUT2D eigenvalue weighted by atomic mass is 10.1. The molecule has 0 radical (unpaired) electrons. The van der Waals surface area contributed by atoms with Crippen molar-refractivity contribution in [3.05, 3.63) is 56.5 Å². The van der Waals surface area contributed by atoms with Crippen LogP contribution in [0, 0.1) is 6.92 Å². The van der Waals surface area contributed by atoms with Crippen LogP contribution in [0.4, 0.5) is 0 Å². The molecule has 1 atom stereocenters. The van der Waals surface area contributed by atoms with Crippen molar-refractivity contribution in [1.29, 1.82) is 0 Å². The molecule has 2 nitrogen and oxygen atoms in total. The Morgan fingerprint density at radius 1 is 1.10 bits per heavy atom. The van der Waals surface area contributed by atoms with Crippen molar-refractivity contribution in [3.8, 4) is 11.5 Å². The lowest BCUT2D eigenvalue weighted by molar-refractivity contribution is 0.475. The third-order valence-corrected chi connectivity index (χ3v) is 4.04. The van der Waals surface area contributed by atoms with Gasteiger partial charge in [-0.15, -0.1) is 0 Å². The molecular formula is C16H17Br2NO. The predicted molar refractivity (Wildman–Crippen MR) is 90.4 cm³/mol. The molecule has 0 aliphatic carbocycles. The van der Waals surface area contributed by atoms with Crippen LogP contribution < -0.4 is 10.5 Å². The Bertz CT molecular complexity index is 611. The van der Waals surface area contributed by atoms with Gasteiger partial charge in [0.15, 0.2) is 0 Å². The van der Waals surface area contributed by atoms with Crippen molar-refractivity contribution < 1.29 is 4.74 Å². The van der Waals surface area contributed by atoms with Gasteiger partial charge in [-0.05, 0) is 71.6 Å². The Morgan fingerprint density at radius 3 is 2.50 bits per heavy atom. The molecule has 0 saturated carbocycles. The Kier molecular flexibility index (Phi) is 5.24. The van der Waals surface area contributed by atoms with Crippen LogP contribution in [0.2, 0.25) is 0 Å². The summed E-state index contributed by atoms with van der Waals surface area (Å²) in [6.45, 7) is 4.05. The minimum atomic E-state index is 0.143. The summed E-state index contributed by atoms with van der Waals surface area (Å²) in [6.07, 6.45) is 0.845. The molecule has 2 rings (SSSR count). The summed E-state index contributed by atoms with van der Waals surface area (Å²) in [7, 11) is 0. The largest absolute Gasteiger partial charge is 0.456 e. The van der Waals surface area contributed by atoms with Crippen LogP contribution in [-0.2, 0) is 6.42 Å². The van der Waals surface area contributed by atoms with E-state index in [0.717, 1.165) is 32.4 Å². The molecular weight excluding hydrogens is 382 g/mol. The molecule has 0 heterocycles. The van der Waals surface area contributed by atoms with Gasteiger partial charge in [0.2, 0.25) is 0 Å². The summed E-state index contributed by atoms with van der Waals surface area (Å²) in [5.41, 5.74) is 8.15. The van der Waals surface area contributed by atoms with E-state index in [9.17, 15) is 0 Å². The van der Waals surface area contributed by atoms with E-state index in [1.165, 1.54) is 5.56 Å². The van der Waals surface area contributed by atoms with E-state index < -0.39 is 0 Å². The molecule has 2 N–H and O–H groups in total. The number of halogens is 2. The third kappa shape index (κ3) is 4.08. The van der Waals surface area contributed by atoms with E-state index in [0.29, 0.717) is 0 Å². The molecule has 2 aromatic rings. The maximum absolute atomic E-state index is 6.01. The van der Waals surface area contributed by atoms with Crippen LogP contribution in [0.3, 0.4) is 0 Å². The van der Waals surface area contributed by atoms with Crippen LogP contribution in [0.25, 0.3) is 0 Å². The molecule has 0 spiro atoms. The van der Waals surface area contributed by atoms with Gasteiger partial charge in [0.1, 0.15) is 11.5 Å². The molecule has 4 heteroatoms. The van der Waals surface area contributed by atoms with Crippen molar-refractivity contribution in [1.82, 2.24) is 0 Å². The molecule has 0 saturated heterocycles. The van der Waals surface area contributed by atoms with Gasteiger partial charge in [0, 0.05) is 10.5 Å². The van der Waals surface area contributed by atoms with Crippen molar-refractivity contribution >= 4 is 31.9 Å². The highest BCUT2D eigenvalue weighted by atomic mass is 79.9. The third-order valence-electron chi connectivity index (χ3n) is 2.92. The standard InChI is InChI=1S/C16H17Br2NO/c1-10-3-4-12(7-11(2)19)8-16(10)20-15-6-5-13(17)9-14(15)18/h3-6,8-9,11H,7,19H2,1-2H3. The van der Waals surface area contributed by atoms with Gasteiger partial charge in [-0.25, -0.2) is 0 Å². The van der Waals surface area contributed by atoms with Crippen molar-refractivity contribution in [2.75, 3.05) is 0 Å². The van der Waals surface area contributed by atoms with E-state index in [-0.39, 0.29) is 6.04 Å². The summed E-state index contributed by atoms with van der Waals surface area (Å²) >= 11 is 6.95. The van der Waals surface area contributed by atoms with Crippen LogP contribution in [0.5, 0.6) is 11.5 Å². The van der Waals surface area contributed by atoms with Gasteiger partial charge in [0.25, 0.3) is 0 Å². The number of benzene rings is 2. The maximum atomic E-state index is 6.01. The van der Waals surface area contributed by atoms with Gasteiger partial charge in [-0.3, -0.25) is 0 Å². The summed E-state index contributed by atoms with van der Waals surface area (Å²) in [4.78, 5) is 0. The van der Waals surface area contributed by atoms with Gasteiger partial charge >= 0.3 is 0 Å². The number of rotatable bonds is 4. The molecule has 0 aromatic heterocycles. The quantitative estimate of drug-likeness (QED) is 0.767. The zero-order valence-electron chi connectivity index (χ0n) is 11.5. The van der Waals surface area contributed by atoms with E-state index in [2.05, 4.69) is 50.1 Å². The van der Waals surface area contributed by atoms with E-state index in [4.69, 9.17) is 10.5 Å². The number of aryl methyl sites for hydroxylation is 1. The summed E-state index contributed by atoms with van der Waals surface area (Å²) in [5.74, 6) is 1.67. The number of nitrogens with two attached hydrogens (primary N) is 1. The smallest absolute Gasteiger partial charge is 0.141 e. The Morgan fingerprint density at radius 2 is 1.85 bits per heavy atom. The zero-order valence-corrected chi connectivity index (χ0v) is 14.7. The highest BCUT2D eigenvalue weighted by Crippen LogP contribution is 2.33. The molecule has 2 aromatic carbocycles. The first-order valence-corrected chi connectivity index (χ1v) is 8.02. The average molecular weight is 399 g/mol. The monoisotopic (exact) mass is 397 g/mol. The second kappa shape index (κ2) is 6.74. The first-order chi connectivity index (χ1) is 9.45. The maximum Gasteiger partial charge on any atom is 0.141 e. The van der Waals surface area contributed by atoms with E-state index in [1.54, 1.807) is 0 Å². The molecule has 0 aliphatic rings. The fraction of sp³-hybridized carbons (Fsp3) is 0.250. The van der Waals surface area contributed by atoms with Gasteiger partial charge in [-0.1, -0.05) is 28.1 Å². The van der Waals surface area contributed by atoms with E-state index >= 15 is 0 Å². The lowest BCUT2D eigenvalue weighted by Crippen LogP contribution is -2.17. The number of hydrogen-bond donors (Lipinski definition) is 1. The minimum Gasteiger partial charge on any atom is -0.456 e. The van der Waals surface area contributed by atoms with Gasteiger partial charge < -0.3 is 10.5 Å². The SMILES string of the molecule is Cc1ccc(CC(C)N)cc1Oc1ccc(Br)cc1Br.